The number of carbonyl (C=O) groups excluding carboxylic acids is 2. The minimum absolute atomic E-state index is 0.107. The van der Waals surface area contributed by atoms with Gasteiger partial charge in [-0.1, -0.05) is 6.07 Å². The molecular weight excluding hydrogens is 222 g/mol. The van der Waals surface area contributed by atoms with Crippen LogP contribution < -0.4 is 10.1 Å². The van der Waals surface area contributed by atoms with Crippen molar-refractivity contribution in [1.82, 2.24) is 5.32 Å². The van der Waals surface area contributed by atoms with E-state index in [1.807, 2.05) is 6.07 Å². The zero-order chi connectivity index (χ0) is 12.4. The van der Waals surface area contributed by atoms with E-state index in [-0.39, 0.29) is 5.78 Å². The third-order valence-electron chi connectivity index (χ3n) is 2.80. The van der Waals surface area contributed by atoms with Gasteiger partial charge in [0.15, 0.2) is 5.78 Å². The number of hydrogen-bond donors (Lipinski definition) is 1. The van der Waals surface area contributed by atoms with Crippen molar-refractivity contribution < 1.29 is 19.1 Å². The summed E-state index contributed by atoms with van der Waals surface area (Å²) in [5, 5.41) is 2.51. The molecule has 0 spiro atoms. The first-order valence-corrected chi connectivity index (χ1v) is 5.21. The van der Waals surface area contributed by atoms with Crippen LogP contribution in [-0.4, -0.2) is 32.1 Å². The molecule has 90 valence electrons. The van der Waals surface area contributed by atoms with Crippen LogP contribution in [0.25, 0.3) is 0 Å². The van der Waals surface area contributed by atoms with Gasteiger partial charge in [0.1, 0.15) is 5.75 Å². The van der Waals surface area contributed by atoms with Crippen LogP contribution in [0.4, 0.5) is 4.79 Å². The van der Waals surface area contributed by atoms with E-state index in [0.717, 1.165) is 5.56 Å². The Morgan fingerprint density at radius 2 is 2.18 bits per heavy atom. The molecule has 0 fully saturated rings. The van der Waals surface area contributed by atoms with Crippen LogP contribution in [0.15, 0.2) is 18.2 Å². The Hall–Kier alpha value is -2.04. The van der Waals surface area contributed by atoms with Gasteiger partial charge in [0.05, 0.1) is 20.3 Å². The predicted octanol–water partition coefficient (Wildman–Crippen LogP) is 1.16. The molecule has 0 heterocycles. The second kappa shape index (κ2) is 4.45. The molecule has 1 N–H and O–H groups in total. The molecule has 1 aliphatic carbocycles. The minimum atomic E-state index is -0.594. The lowest BCUT2D eigenvalue weighted by atomic mass is 10.1. The van der Waals surface area contributed by atoms with E-state index in [2.05, 4.69) is 10.1 Å². The van der Waals surface area contributed by atoms with Crippen molar-refractivity contribution in [3.63, 3.8) is 0 Å². The molecular formula is C12H13NO4. The zero-order valence-corrected chi connectivity index (χ0v) is 9.65. The maximum absolute atomic E-state index is 12.0. The fraction of sp³-hybridized carbons (Fsp3) is 0.333. The Kier molecular flexibility index (Phi) is 2.99. The van der Waals surface area contributed by atoms with Gasteiger partial charge in [0.2, 0.25) is 0 Å². The summed E-state index contributed by atoms with van der Waals surface area (Å²) in [5.74, 6) is 0.528. The molecule has 1 aliphatic rings. The van der Waals surface area contributed by atoms with Crippen molar-refractivity contribution in [2.75, 3.05) is 14.2 Å². The fourth-order valence-electron chi connectivity index (χ4n) is 1.91. The fourth-order valence-corrected chi connectivity index (χ4v) is 1.91. The molecule has 0 saturated heterocycles. The lowest BCUT2D eigenvalue weighted by Gasteiger charge is -2.08. The van der Waals surface area contributed by atoms with Gasteiger partial charge in [-0.05, 0) is 17.7 Å². The number of hydrogen-bond acceptors (Lipinski definition) is 4. The van der Waals surface area contributed by atoms with E-state index in [1.54, 1.807) is 19.2 Å². The normalized spacial score (nSPS) is 17.5. The minimum Gasteiger partial charge on any atom is -0.497 e. The number of fused-ring (bicyclic) bond motifs is 1. The molecule has 1 aromatic rings. The van der Waals surface area contributed by atoms with Crippen molar-refractivity contribution in [1.29, 1.82) is 0 Å². The van der Waals surface area contributed by atoms with E-state index in [0.29, 0.717) is 17.7 Å². The summed E-state index contributed by atoms with van der Waals surface area (Å²) in [6.07, 6.45) is -0.101. The lowest BCUT2D eigenvalue weighted by Crippen LogP contribution is -2.38. The summed E-state index contributed by atoms with van der Waals surface area (Å²) in [6.45, 7) is 0. The molecule has 1 amide bonds. The van der Waals surface area contributed by atoms with Gasteiger partial charge in [-0.25, -0.2) is 4.79 Å². The quantitative estimate of drug-likeness (QED) is 0.835. The standard InChI is InChI=1S/C12H13NO4/c1-16-8-4-3-7-5-10(13-12(15)17-2)11(14)9(7)6-8/h3-4,6,10H,5H2,1-2H3,(H,13,15)/t10-/m0/s1. The second-order valence-electron chi connectivity index (χ2n) is 3.78. The van der Waals surface area contributed by atoms with Gasteiger partial charge >= 0.3 is 6.09 Å². The molecule has 1 aromatic carbocycles. The topological polar surface area (TPSA) is 64.6 Å². The van der Waals surface area contributed by atoms with E-state index in [4.69, 9.17) is 4.74 Å². The van der Waals surface area contributed by atoms with Crippen LogP contribution in [-0.2, 0) is 11.2 Å². The molecule has 0 radical (unpaired) electrons. The molecule has 0 aromatic heterocycles. The highest BCUT2D eigenvalue weighted by Gasteiger charge is 2.32. The van der Waals surface area contributed by atoms with E-state index < -0.39 is 12.1 Å². The Bertz CT molecular complexity index is 470. The first kappa shape index (κ1) is 11.4. The highest BCUT2D eigenvalue weighted by molar-refractivity contribution is 6.06. The van der Waals surface area contributed by atoms with Gasteiger partial charge in [0, 0.05) is 12.0 Å². The maximum atomic E-state index is 12.0. The summed E-state index contributed by atoms with van der Waals surface area (Å²) in [6, 6.07) is 4.79. The smallest absolute Gasteiger partial charge is 0.407 e. The van der Waals surface area contributed by atoms with Crippen molar-refractivity contribution in [2.24, 2.45) is 0 Å². The van der Waals surface area contributed by atoms with Crippen molar-refractivity contribution in [2.45, 2.75) is 12.5 Å². The first-order valence-electron chi connectivity index (χ1n) is 5.21. The van der Waals surface area contributed by atoms with Crippen LogP contribution >= 0.6 is 0 Å². The van der Waals surface area contributed by atoms with E-state index >= 15 is 0 Å². The average Bonchev–Trinajstić information content (AvgIpc) is 2.66. The number of ether oxygens (including phenoxy) is 2. The summed E-state index contributed by atoms with van der Waals surface area (Å²) in [7, 11) is 2.82. The molecule has 1 atom stereocenters. The monoisotopic (exact) mass is 235 g/mol. The molecule has 2 rings (SSSR count). The molecule has 0 bridgehead atoms. The van der Waals surface area contributed by atoms with Crippen LogP contribution in [0.1, 0.15) is 15.9 Å². The number of amides is 1. The van der Waals surface area contributed by atoms with E-state index in [1.165, 1.54) is 7.11 Å². The van der Waals surface area contributed by atoms with Crippen LogP contribution in [0, 0.1) is 0 Å². The van der Waals surface area contributed by atoms with Crippen molar-refractivity contribution in [3.05, 3.63) is 29.3 Å². The Labute approximate surface area is 98.7 Å². The molecule has 0 unspecified atom stereocenters. The number of benzene rings is 1. The number of ketones is 1. The largest absolute Gasteiger partial charge is 0.497 e. The zero-order valence-electron chi connectivity index (χ0n) is 9.65. The summed E-state index contributed by atoms with van der Waals surface area (Å²) in [4.78, 5) is 23.1. The highest BCUT2D eigenvalue weighted by atomic mass is 16.5. The lowest BCUT2D eigenvalue weighted by molar-refractivity contribution is 0.0946. The van der Waals surface area contributed by atoms with Crippen molar-refractivity contribution in [3.8, 4) is 5.75 Å². The third-order valence-corrected chi connectivity index (χ3v) is 2.80. The first-order chi connectivity index (χ1) is 8.15. The molecule has 0 saturated carbocycles. The number of rotatable bonds is 2. The van der Waals surface area contributed by atoms with Gasteiger partial charge in [-0.15, -0.1) is 0 Å². The average molecular weight is 235 g/mol. The summed E-state index contributed by atoms with van der Waals surface area (Å²) >= 11 is 0. The van der Waals surface area contributed by atoms with Crippen LogP contribution in [0.5, 0.6) is 5.75 Å². The Balaban J connectivity index is 2.21. The number of Topliss-reactive ketones (excluding diaryl/α,β-unsaturated/α-hetero) is 1. The third kappa shape index (κ3) is 2.08. The molecule has 5 heteroatoms. The number of carbonyl (C=O) groups is 2. The number of methoxy groups -OCH3 is 2. The highest BCUT2D eigenvalue weighted by Crippen LogP contribution is 2.26. The van der Waals surface area contributed by atoms with Gasteiger partial charge in [-0.2, -0.15) is 0 Å². The van der Waals surface area contributed by atoms with Crippen molar-refractivity contribution >= 4 is 11.9 Å². The Morgan fingerprint density at radius 3 is 2.82 bits per heavy atom. The number of nitrogens with one attached hydrogen (secondary N) is 1. The Morgan fingerprint density at radius 1 is 1.41 bits per heavy atom. The molecule has 5 nitrogen and oxygen atoms in total. The van der Waals surface area contributed by atoms with Gasteiger partial charge in [-0.3, -0.25) is 4.79 Å². The second-order valence-corrected chi connectivity index (χ2v) is 3.78. The molecule has 0 aliphatic heterocycles. The predicted molar refractivity (Wildman–Crippen MR) is 60.4 cm³/mol. The SMILES string of the molecule is COC(=O)N[C@H]1Cc2ccc(OC)cc2C1=O. The number of alkyl carbamates (subject to hydrolysis) is 1. The summed E-state index contributed by atoms with van der Waals surface area (Å²) in [5.41, 5.74) is 1.52. The van der Waals surface area contributed by atoms with Gasteiger partial charge in [0.25, 0.3) is 0 Å². The van der Waals surface area contributed by atoms with E-state index in [9.17, 15) is 9.59 Å². The molecule has 17 heavy (non-hydrogen) atoms. The maximum Gasteiger partial charge on any atom is 0.407 e. The van der Waals surface area contributed by atoms with Gasteiger partial charge < -0.3 is 14.8 Å². The van der Waals surface area contributed by atoms with Crippen LogP contribution in [0.3, 0.4) is 0 Å². The summed E-state index contributed by atoms with van der Waals surface area (Å²) < 4.78 is 9.54. The van der Waals surface area contributed by atoms with Crippen LogP contribution in [0.2, 0.25) is 0 Å².